The Labute approximate surface area is 110 Å². The maximum absolute atomic E-state index is 12.5. The Bertz CT molecular complexity index is 511. The Balaban J connectivity index is 2.41. The first-order chi connectivity index (χ1) is 8.76. The molecule has 0 aliphatic heterocycles. The summed E-state index contributed by atoms with van der Waals surface area (Å²) < 4.78 is 29.5. The van der Waals surface area contributed by atoms with Crippen LogP contribution in [0, 0.1) is 18.3 Å². The Morgan fingerprint density at radius 3 is 2.53 bits per heavy atom. The van der Waals surface area contributed by atoms with Crippen LogP contribution in [0.3, 0.4) is 0 Å². The fourth-order valence-electron chi connectivity index (χ4n) is 2.85. The molecule has 1 aromatic carbocycles. The van der Waals surface area contributed by atoms with Crippen LogP contribution in [0.4, 0.5) is 8.78 Å². The van der Waals surface area contributed by atoms with Crippen LogP contribution in [-0.2, 0) is 4.79 Å². The molecule has 0 radical (unpaired) electrons. The number of benzene rings is 1. The first kappa shape index (κ1) is 13.8. The third-order valence-electron chi connectivity index (χ3n) is 3.88. The molecule has 2 atom stereocenters. The quantitative estimate of drug-likeness (QED) is 0.911. The summed E-state index contributed by atoms with van der Waals surface area (Å²) in [5.41, 5.74) is 0.696. The second-order valence-electron chi connectivity index (χ2n) is 5.49. The van der Waals surface area contributed by atoms with Crippen molar-refractivity contribution in [2.45, 2.75) is 33.3 Å². The Kier molecular flexibility index (Phi) is 3.24. The highest BCUT2D eigenvalue weighted by atomic mass is 19.3. The molecule has 1 fully saturated rings. The zero-order valence-corrected chi connectivity index (χ0v) is 11.0. The van der Waals surface area contributed by atoms with Crippen molar-refractivity contribution in [2.75, 3.05) is 0 Å². The zero-order valence-electron chi connectivity index (χ0n) is 11.0. The Morgan fingerprint density at radius 2 is 2.05 bits per heavy atom. The van der Waals surface area contributed by atoms with Gasteiger partial charge in [-0.3, -0.25) is 4.79 Å². The number of hydrogen-bond acceptors (Lipinski definition) is 2. The van der Waals surface area contributed by atoms with Crippen LogP contribution in [0.5, 0.6) is 5.75 Å². The molecule has 0 heterocycles. The van der Waals surface area contributed by atoms with Gasteiger partial charge in [-0.1, -0.05) is 32.0 Å². The lowest BCUT2D eigenvalue weighted by atomic mass is 10.00. The molecule has 19 heavy (non-hydrogen) atoms. The lowest BCUT2D eigenvalue weighted by molar-refractivity contribution is -0.139. The standard InChI is InChI=1S/C14H16F2O3/c1-7-5-4-6-8(11(7)19-13(15)16)9-10(12(17)18)14(9,2)3/h4-6,9-10,13H,1-3H3,(H,17,18)/t9-,10+/m0/s1. The number of aryl methyl sites for hydroxylation is 1. The van der Waals surface area contributed by atoms with E-state index in [0.29, 0.717) is 11.1 Å². The van der Waals surface area contributed by atoms with E-state index in [2.05, 4.69) is 4.74 Å². The highest BCUT2D eigenvalue weighted by molar-refractivity contribution is 5.78. The molecule has 3 nitrogen and oxygen atoms in total. The first-order valence-electron chi connectivity index (χ1n) is 6.04. The molecule has 5 heteroatoms. The summed E-state index contributed by atoms with van der Waals surface area (Å²) in [6.45, 7) is 2.41. The van der Waals surface area contributed by atoms with Gasteiger partial charge in [-0.15, -0.1) is 0 Å². The van der Waals surface area contributed by atoms with Crippen molar-refractivity contribution >= 4 is 5.97 Å². The van der Waals surface area contributed by atoms with E-state index in [1.807, 2.05) is 13.8 Å². The summed E-state index contributed by atoms with van der Waals surface area (Å²) in [6, 6.07) is 5.07. The number of aliphatic carboxylic acids is 1. The molecule has 2 rings (SSSR count). The van der Waals surface area contributed by atoms with Crippen LogP contribution in [0.25, 0.3) is 0 Å². The van der Waals surface area contributed by atoms with Gasteiger partial charge in [0.15, 0.2) is 0 Å². The minimum absolute atomic E-state index is 0.110. The molecule has 0 spiro atoms. The van der Waals surface area contributed by atoms with E-state index in [1.165, 1.54) is 0 Å². The number of carbonyl (C=O) groups is 1. The van der Waals surface area contributed by atoms with Crippen LogP contribution in [0.2, 0.25) is 0 Å². The molecule has 1 N–H and O–H groups in total. The minimum atomic E-state index is -2.91. The predicted octanol–water partition coefficient (Wildman–Crippen LogP) is 3.42. The van der Waals surface area contributed by atoms with Gasteiger partial charge in [0, 0.05) is 5.92 Å². The van der Waals surface area contributed by atoms with Crippen LogP contribution in [0.15, 0.2) is 18.2 Å². The number of carboxylic acids is 1. The molecule has 1 saturated carbocycles. The highest BCUT2D eigenvalue weighted by Crippen LogP contribution is 2.66. The first-order valence-corrected chi connectivity index (χ1v) is 6.04. The fraction of sp³-hybridized carbons (Fsp3) is 0.500. The second kappa shape index (κ2) is 4.47. The summed E-state index contributed by atoms with van der Waals surface area (Å²) in [4.78, 5) is 11.2. The summed E-state index contributed by atoms with van der Waals surface area (Å²) in [5.74, 6) is -1.65. The van der Waals surface area contributed by atoms with Crippen molar-refractivity contribution < 1.29 is 23.4 Å². The van der Waals surface area contributed by atoms with Crippen molar-refractivity contribution in [3.8, 4) is 5.75 Å². The van der Waals surface area contributed by atoms with Crippen molar-refractivity contribution in [3.05, 3.63) is 29.3 Å². The fourth-order valence-corrected chi connectivity index (χ4v) is 2.85. The van der Waals surface area contributed by atoms with Crippen molar-refractivity contribution in [1.29, 1.82) is 0 Å². The van der Waals surface area contributed by atoms with Crippen molar-refractivity contribution in [1.82, 2.24) is 0 Å². The van der Waals surface area contributed by atoms with Crippen LogP contribution in [-0.4, -0.2) is 17.7 Å². The lowest BCUT2D eigenvalue weighted by Crippen LogP contribution is -2.07. The average Bonchev–Trinajstić information content (AvgIpc) is 2.84. The number of hydrogen-bond donors (Lipinski definition) is 1. The number of ether oxygens (including phenoxy) is 1. The number of rotatable bonds is 4. The van der Waals surface area contributed by atoms with Gasteiger partial charge in [-0.2, -0.15) is 8.78 Å². The Hall–Kier alpha value is -1.65. The number of alkyl halides is 2. The van der Waals surface area contributed by atoms with Gasteiger partial charge in [0.05, 0.1) is 5.92 Å². The normalized spacial score (nSPS) is 24.3. The maximum Gasteiger partial charge on any atom is 0.387 e. The van der Waals surface area contributed by atoms with Gasteiger partial charge in [0.2, 0.25) is 0 Å². The van der Waals surface area contributed by atoms with Gasteiger partial charge < -0.3 is 9.84 Å². The molecular formula is C14H16F2O3. The van der Waals surface area contributed by atoms with E-state index in [0.717, 1.165) is 0 Å². The monoisotopic (exact) mass is 270 g/mol. The number of para-hydroxylation sites is 1. The number of carboxylic acid groups (broad SMARTS) is 1. The van der Waals surface area contributed by atoms with Crippen LogP contribution >= 0.6 is 0 Å². The minimum Gasteiger partial charge on any atom is -0.481 e. The van der Waals surface area contributed by atoms with Crippen molar-refractivity contribution in [2.24, 2.45) is 11.3 Å². The molecule has 0 unspecified atom stereocenters. The van der Waals surface area contributed by atoms with E-state index in [1.54, 1.807) is 25.1 Å². The molecule has 104 valence electrons. The summed E-state index contributed by atoms with van der Waals surface area (Å²) in [7, 11) is 0. The van der Waals surface area contributed by atoms with Gasteiger partial charge in [0.1, 0.15) is 5.75 Å². The van der Waals surface area contributed by atoms with E-state index >= 15 is 0 Å². The van der Waals surface area contributed by atoms with Crippen LogP contribution in [0.1, 0.15) is 30.9 Å². The lowest BCUT2D eigenvalue weighted by Gasteiger charge is -2.14. The molecule has 0 bridgehead atoms. The summed E-state index contributed by atoms with van der Waals surface area (Å²) in [5, 5.41) is 9.17. The van der Waals surface area contributed by atoms with Gasteiger partial charge in [0.25, 0.3) is 0 Å². The third kappa shape index (κ3) is 2.29. The van der Waals surface area contributed by atoms with Crippen LogP contribution < -0.4 is 4.74 Å². The largest absolute Gasteiger partial charge is 0.481 e. The highest BCUT2D eigenvalue weighted by Gasteiger charge is 2.63. The Morgan fingerprint density at radius 1 is 1.42 bits per heavy atom. The molecule has 0 aromatic heterocycles. The van der Waals surface area contributed by atoms with Crippen molar-refractivity contribution in [3.63, 3.8) is 0 Å². The predicted molar refractivity (Wildman–Crippen MR) is 65.5 cm³/mol. The molecule has 1 aliphatic rings. The summed E-state index contributed by atoms with van der Waals surface area (Å²) >= 11 is 0. The average molecular weight is 270 g/mol. The van der Waals surface area contributed by atoms with E-state index < -0.39 is 23.9 Å². The SMILES string of the molecule is Cc1cccc([C@H]2[C@H](C(=O)O)C2(C)C)c1OC(F)F. The van der Waals surface area contributed by atoms with E-state index in [9.17, 15) is 18.7 Å². The molecule has 1 aromatic rings. The molecular weight excluding hydrogens is 254 g/mol. The van der Waals surface area contributed by atoms with Gasteiger partial charge in [-0.05, 0) is 23.5 Å². The maximum atomic E-state index is 12.5. The van der Waals surface area contributed by atoms with E-state index in [4.69, 9.17) is 0 Å². The molecule has 1 aliphatic carbocycles. The third-order valence-corrected chi connectivity index (χ3v) is 3.88. The smallest absolute Gasteiger partial charge is 0.387 e. The summed E-state index contributed by atoms with van der Waals surface area (Å²) in [6.07, 6.45) is 0. The topological polar surface area (TPSA) is 46.5 Å². The second-order valence-corrected chi connectivity index (χ2v) is 5.49. The number of halogens is 2. The van der Waals surface area contributed by atoms with E-state index in [-0.39, 0.29) is 11.7 Å². The molecule has 0 saturated heterocycles. The zero-order chi connectivity index (χ0) is 14.4. The molecule has 0 amide bonds. The van der Waals surface area contributed by atoms with Gasteiger partial charge in [-0.25, -0.2) is 0 Å². The van der Waals surface area contributed by atoms with Gasteiger partial charge >= 0.3 is 12.6 Å².